The molecule has 128 valence electrons. The van der Waals surface area contributed by atoms with Crippen LogP contribution in [0.4, 0.5) is 5.82 Å². The molecule has 2 heterocycles. The zero-order valence-electron chi connectivity index (χ0n) is 12.3. The Kier molecular flexibility index (Phi) is 4.97. The lowest BCUT2D eigenvalue weighted by molar-refractivity contribution is -0.392. The molecule has 1 fully saturated rings. The SMILES string of the molecule is Cc1ncc([N+](=O)[O-])n1C[C@H](CN1CCCC1=O)OS(=O)(=O)O. The topological polar surface area (TPSA) is 145 Å². The molecule has 1 N–H and O–H groups in total. The zero-order chi connectivity index (χ0) is 17.2. The van der Waals surface area contributed by atoms with Gasteiger partial charge in [0.1, 0.15) is 18.8 Å². The number of likely N-dealkylation sites (tertiary alicyclic amines) is 1. The van der Waals surface area contributed by atoms with Crippen molar-refractivity contribution in [2.45, 2.75) is 32.4 Å². The summed E-state index contributed by atoms with van der Waals surface area (Å²) in [4.78, 5) is 27.2. The van der Waals surface area contributed by atoms with E-state index in [0.29, 0.717) is 19.4 Å². The van der Waals surface area contributed by atoms with E-state index in [0.717, 1.165) is 10.8 Å². The van der Waals surface area contributed by atoms with Crippen molar-refractivity contribution in [2.24, 2.45) is 0 Å². The zero-order valence-corrected chi connectivity index (χ0v) is 13.1. The Morgan fingerprint density at radius 3 is 2.74 bits per heavy atom. The lowest BCUT2D eigenvalue weighted by Crippen LogP contribution is -2.38. The highest BCUT2D eigenvalue weighted by molar-refractivity contribution is 7.80. The third-order valence-electron chi connectivity index (χ3n) is 3.46. The van der Waals surface area contributed by atoms with E-state index in [1.807, 2.05) is 0 Å². The van der Waals surface area contributed by atoms with Gasteiger partial charge in [-0.05, 0) is 11.3 Å². The molecule has 0 saturated carbocycles. The number of rotatable bonds is 7. The summed E-state index contributed by atoms with van der Waals surface area (Å²) in [6.07, 6.45) is 0.865. The Labute approximate surface area is 132 Å². The monoisotopic (exact) mass is 348 g/mol. The first-order valence-corrected chi connectivity index (χ1v) is 8.14. The maximum Gasteiger partial charge on any atom is 0.397 e. The molecule has 23 heavy (non-hydrogen) atoms. The van der Waals surface area contributed by atoms with Crippen LogP contribution < -0.4 is 0 Å². The second-order valence-electron chi connectivity index (χ2n) is 5.12. The average molecular weight is 348 g/mol. The predicted octanol–water partition coefficient (Wildman–Crippen LogP) is -0.0899. The first-order chi connectivity index (χ1) is 10.7. The van der Waals surface area contributed by atoms with Crippen molar-refractivity contribution in [3.8, 4) is 0 Å². The van der Waals surface area contributed by atoms with Crippen molar-refractivity contribution >= 4 is 22.1 Å². The van der Waals surface area contributed by atoms with Crippen LogP contribution in [0, 0.1) is 17.0 Å². The molecule has 1 aromatic rings. The summed E-state index contributed by atoms with van der Waals surface area (Å²) in [6.45, 7) is 1.60. The molecule has 1 amide bonds. The van der Waals surface area contributed by atoms with E-state index in [2.05, 4.69) is 9.17 Å². The Hall–Kier alpha value is -2.05. The molecule has 12 heteroatoms. The Morgan fingerprint density at radius 1 is 1.52 bits per heavy atom. The van der Waals surface area contributed by atoms with E-state index >= 15 is 0 Å². The molecule has 0 bridgehead atoms. The van der Waals surface area contributed by atoms with Crippen molar-refractivity contribution in [1.29, 1.82) is 0 Å². The first kappa shape index (κ1) is 17.3. The van der Waals surface area contributed by atoms with Gasteiger partial charge in [-0.15, -0.1) is 0 Å². The lowest BCUT2D eigenvalue weighted by atomic mass is 10.3. The molecule has 11 nitrogen and oxygen atoms in total. The molecular formula is C11H16N4O7S. The average Bonchev–Trinajstić information content (AvgIpc) is 2.96. The van der Waals surface area contributed by atoms with Crippen LogP contribution in [0.25, 0.3) is 0 Å². The normalized spacial score (nSPS) is 16.8. The molecule has 2 rings (SSSR count). The fraction of sp³-hybridized carbons (Fsp3) is 0.636. The van der Waals surface area contributed by atoms with Crippen molar-refractivity contribution in [1.82, 2.24) is 14.5 Å². The van der Waals surface area contributed by atoms with Crippen LogP contribution in [-0.4, -0.2) is 57.4 Å². The summed E-state index contributed by atoms with van der Waals surface area (Å²) in [5.41, 5.74) is 0. The van der Waals surface area contributed by atoms with Gasteiger partial charge in [0.05, 0.1) is 6.54 Å². The molecule has 1 atom stereocenters. The van der Waals surface area contributed by atoms with Gasteiger partial charge in [0.15, 0.2) is 5.82 Å². The number of nitrogens with zero attached hydrogens (tertiary/aromatic N) is 4. The van der Waals surface area contributed by atoms with Crippen molar-refractivity contribution in [2.75, 3.05) is 13.1 Å². The number of amides is 1. The summed E-state index contributed by atoms with van der Waals surface area (Å²) in [5, 5.41) is 11.0. The standard InChI is InChI=1S/C11H16N4O7S/c1-8-12-5-10(15(17)18)14(8)7-9(22-23(19,20)21)6-13-4-2-3-11(13)16/h5,9H,2-4,6-7H2,1H3,(H,19,20,21)/t9-/m0/s1. The van der Waals surface area contributed by atoms with Gasteiger partial charge in [0, 0.05) is 19.9 Å². The second kappa shape index (κ2) is 6.60. The van der Waals surface area contributed by atoms with Gasteiger partial charge in [-0.1, -0.05) is 0 Å². The number of aryl methyl sites for hydroxylation is 1. The van der Waals surface area contributed by atoms with Crippen LogP contribution in [0.15, 0.2) is 6.20 Å². The Bertz CT molecular complexity index is 714. The molecule has 1 aromatic heterocycles. The number of aromatic nitrogens is 2. The number of imidazole rings is 1. The Balaban J connectivity index is 2.22. The number of hydrogen-bond donors (Lipinski definition) is 1. The van der Waals surface area contributed by atoms with Gasteiger partial charge in [-0.25, -0.2) is 13.7 Å². The number of hydrogen-bond acceptors (Lipinski definition) is 7. The van der Waals surface area contributed by atoms with Crippen LogP contribution in [0.5, 0.6) is 0 Å². The number of carbonyl (C=O) groups excluding carboxylic acids is 1. The summed E-state index contributed by atoms with van der Waals surface area (Å²) in [6, 6.07) is 0. The molecular weight excluding hydrogens is 332 g/mol. The molecule has 1 aliphatic rings. The van der Waals surface area contributed by atoms with Crippen LogP contribution in [0.2, 0.25) is 0 Å². The minimum atomic E-state index is -4.77. The van der Waals surface area contributed by atoms with Crippen LogP contribution in [-0.2, 0) is 25.9 Å². The van der Waals surface area contributed by atoms with E-state index < -0.39 is 21.4 Å². The van der Waals surface area contributed by atoms with Crippen LogP contribution in [0.1, 0.15) is 18.7 Å². The molecule has 0 unspecified atom stereocenters. The number of carbonyl (C=O) groups is 1. The van der Waals surface area contributed by atoms with Crippen LogP contribution >= 0.6 is 0 Å². The van der Waals surface area contributed by atoms with Gasteiger partial charge < -0.3 is 15.0 Å². The minimum absolute atomic E-state index is 0.104. The fourth-order valence-electron chi connectivity index (χ4n) is 2.46. The van der Waals surface area contributed by atoms with E-state index in [9.17, 15) is 23.3 Å². The molecule has 1 saturated heterocycles. The Morgan fingerprint density at radius 2 is 2.22 bits per heavy atom. The van der Waals surface area contributed by atoms with Gasteiger partial charge in [-0.2, -0.15) is 8.42 Å². The minimum Gasteiger partial charge on any atom is -0.358 e. The van der Waals surface area contributed by atoms with E-state index in [1.54, 1.807) is 0 Å². The molecule has 1 aliphatic heterocycles. The molecule has 0 aromatic carbocycles. The highest BCUT2D eigenvalue weighted by Gasteiger charge is 2.30. The molecule has 0 radical (unpaired) electrons. The van der Waals surface area contributed by atoms with Crippen molar-refractivity contribution < 1.29 is 26.9 Å². The highest BCUT2D eigenvalue weighted by atomic mass is 32.3. The smallest absolute Gasteiger partial charge is 0.358 e. The third kappa shape index (κ3) is 4.46. The predicted molar refractivity (Wildman–Crippen MR) is 75.9 cm³/mol. The lowest BCUT2D eigenvalue weighted by Gasteiger charge is -2.21. The highest BCUT2D eigenvalue weighted by Crippen LogP contribution is 2.18. The summed E-state index contributed by atoms with van der Waals surface area (Å²) in [7, 11) is -4.77. The molecule has 0 spiro atoms. The van der Waals surface area contributed by atoms with E-state index in [1.165, 1.54) is 11.8 Å². The quantitative estimate of drug-likeness (QED) is 0.409. The van der Waals surface area contributed by atoms with Gasteiger partial charge in [0.25, 0.3) is 0 Å². The summed E-state index contributed by atoms with van der Waals surface area (Å²) in [5.74, 6) is -0.210. The number of nitro groups is 1. The maximum atomic E-state index is 11.7. The van der Waals surface area contributed by atoms with Gasteiger partial charge in [0.2, 0.25) is 5.91 Å². The van der Waals surface area contributed by atoms with Crippen LogP contribution in [0.3, 0.4) is 0 Å². The third-order valence-corrected chi connectivity index (χ3v) is 3.98. The first-order valence-electron chi connectivity index (χ1n) is 6.77. The summed E-state index contributed by atoms with van der Waals surface area (Å²) >= 11 is 0. The van der Waals surface area contributed by atoms with Gasteiger partial charge in [-0.3, -0.25) is 9.35 Å². The van der Waals surface area contributed by atoms with Crippen molar-refractivity contribution in [3.63, 3.8) is 0 Å². The van der Waals surface area contributed by atoms with Crippen molar-refractivity contribution in [3.05, 3.63) is 22.1 Å². The van der Waals surface area contributed by atoms with Gasteiger partial charge >= 0.3 is 16.2 Å². The van der Waals surface area contributed by atoms with E-state index in [-0.39, 0.29) is 30.6 Å². The molecule has 0 aliphatic carbocycles. The van der Waals surface area contributed by atoms with E-state index in [4.69, 9.17) is 4.55 Å². The maximum absolute atomic E-state index is 11.7. The fourth-order valence-corrected chi connectivity index (χ4v) is 2.93. The largest absolute Gasteiger partial charge is 0.397 e. The summed E-state index contributed by atoms with van der Waals surface area (Å²) < 4.78 is 36.6. The second-order valence-corrected chi connectivity index (χ2v) is 6.17.